The summed E-state index contributed by atoms with van der Waals surface area (Å²) in [7, 11) is 1.54. The summed E-state index contributed by atoms with van der Waals surface area (Å²) in [6.45, 7) is 6.69. The second-order valence-electron chi connectivity index (χ2n) is 5.14. The molecule has 0 aliphatic rings. The second kappa shape index (κ2) is 6.34. The Hall–Kier alpha value is -0.870. The minimum Gasteiger partial charge on any atom is -0.479 e. The Kier molecular flexibility index (Phi) is 5.35. The van der Waals surface area contributed by atoms with Gasteiger partial charge in [-0.25, -0.2) is 0 Å². The van der Waals surface area contributed by atoms with Crippen molar-refractivity contribution >= 4 is 22.2 Å². The first-order valence-corrected chi connectivity index (χ1v) is 6.58. The number of hydrogen-bond donors (Lipinski definition) is 0. The Labute approximate surface area is 117 Å². The van der Waals surface area contributed by atoms with Crippen LogP contribution < -0.4 is 4.74 Å². The summed E-state index contributed by atoms with van der Waals surface area (Å²) in [5.74, 6) is 0.650. The first kappa shape index (κ1) is 15.2. The Morgan fingerprint density at radius 3 is 2.50 bits per heavy atom. The van der Waals surface area contributed by atoms with Crippen molar-refractivity contribution < 1.29 is 14.3 Å². The molecule has 1 aromatic carbocycles. The van der Waals surface area contributed by atoms with Crippen LogP contribution in [0.25, 0.3) is 0 Å². The fraction of sp³-hybridized carbons (Fsp3) is 0.500. The van der Waals surface area contributed by atoms with Crippen LogP contribution in [-0.4, -0.2) is 26.1 Å². The molecule has 0 spiro atoms. The number of rotatable bonds is 5. The summed E-state index contributed by atoms with van der Waals surface area (Å²) in [6.07, 6.45) is 0.167. The van der Waals surface area contributed by atoms with E-state index in [-0.39, 0.29) is 12.0 Å². The van der Waals surface area contributed by atoms with Gasteiger partial charge in [0.15, 0.2) is 12.4 Å². The summed E-state index contributed by atoms with van der Waals surface area (Å²) in [5, 5.41) is 0. The maximum absolute atomic E-state index is 10.8. The molecule has 0 aliphatic carbocycles. The van der Waals surface area contributed by atoms with Gasteiger partial charge in [0.1, 0.15) is 5.75 Å². The lowest BCUT2D eigenvalue weighted by Crippen LogP contribution is -2.24. The van der Waals surface area contributed by atoms with Crippen LogP contribution >= 0.6 is 15.9 Å². The van der Waals surface area contributed by atoms with Crippen molar-refractivity contribution in [2.45, 2.75) is 32.3 Å². The molecule has 0 radical (unpaired) electrons. The van der Waals surface area contributed by atoms with Gasteiger partial charge in [-0.3, -0.25) is 4.79 Å². The average Bonchev–Trinajstić information content (AvgIpc) is 2.29. The molecule has 1 rings (SSSR count). The molecule has 0 fully saturated rings. The average molecular weight is 315 g/mol. The van der Waals surface area contributed by atoms with E-state index in [1.54, 1.807) is 0 Å². The van der Waals surface area contributed by atoms with Crippen molar-refractivity contribution in [3.63, 3.8) is 0 Å². The summed E-state index contributed by atoms with van der Waals surface area (Å²) in [5.41, 5.74) is 1.29. The van der Waals surface area contributed by atoms with E-state index in [0.717, 1.165) is 10.8 Å². The highest BCUT2D eigenvalue weighted by Gasteiger charge is 2.16. The van der Waals surface area contributed by atoms with Crippen LogP contribution in [0.15, 0.2) is 22.7 Å². The van der Waals surface area contributed by atoms with Crippen molar-refractivity contribution in [3.05, 3.63) is 28.2 Å². The summed E-state index contributed by atoms with van der Waals surface area (Å²) in [6, 6.07) is 5.90. The number of aldehydes is 1. The van der Waals surface area contributed by atoms with E-state index in [9.17, 15) is 4.79 Å². The van der Waals surface area contributed by atoms with E-state index in [1.807, 2.05) is 18.2 Å². The van der Waals surface area contributed by atoms with Gasteiger partial charge >= 0.3 is 0 Å². The zero-order chi connectivity index (χ0) is 13.8. The number of carbonyl (C=O) groups is 1. The minimum absolute atomic E-state index is 0.0810. The second-order valence-corrected chi connectivity index (χ2v) is 6.00. The molecule has 0 heterocycles. The number of benzene rings is 1. The molecule has 18 heavy (non-hydrogen) atoms. The minimum atomic E-state index is -0.577. The fourth-order valence-corrected chi connectivity index (χ4v) is 1.96. The predicted molar refractivity (Wildman–Crippen MR) is 75.2 cm³/mol. The topological polar surface area (TPSA) is 35.5 Å². The zero-order valence-corrected chi connectivity index (χ0v) is 12.8. The van der Waals surface area contributed by atoms with E-state index >= 15 is 0 Å². The third kappa shape index (κ3) is 4.10. The summed E-state index contributed by atoms with van der Waals surface area (Å²) < 4.78 is 11.3. The molecule has 0 amide bonds. The maximum Gasteiger partial charge on any atom is 0.177 e. The Balaban J connectivity index is 2.89. The predicted octanol–water partition coefficient (Wildman–Crippen LogP) is 3.34. The van der Waals surface area contributed by atoms with Crippen molar-refractivity contribution in [1.82, 2.24) is 0 Å². The highest BCUT2D eigenvalue weighted by atomic mass is 79.9. The molecule has 4 heteroatoms. The quantitative estimate of drug-likeness (QED) is 0.782. The standard InChI is InChI=1S/C14H19BrO3/c1-14(2,3)10-5-6-13(12(15)7-10)18-11(8-16)9-17-4/h5-8,11H,9H2,1-4H3. The number of hydrogen-bond acceptors (Lipinski definition) is 3. The molecule has 0 aliphatic heterocycles. The summed E-state index contributed by atoms with van der Waals surface area (Å²) in [4.78, 5) is 10.8. The fourth-order valence-electron chi connectivity index (χ4n) is 1.49. The van der Waals surface area contributed by atoms with Crippen LogP contribution in [0.3, 0.4) is 0 Å². The van der Waals surface area contributed by atoms with Crippen LogP contribution in [0.2, 0.25) is 0 Å². The van der Waals surface area contributed by atoms with Gasteiger partial charge in [-0.1, -0.05) is 26.8 Å². The SMILES string of the molecule is COCC(C=O)Oc1ccc(C(C)(C)C)cc1Br. The zero-order valence-electron chi connectivity index (χ0n) is 11.2. The van der Waals surface area contributed by atoms with Crippen molar-refractivity contribution in [3.8, 4) is 5.75 Å². The van der Waals surface area contributed by atoms with Crippen molar-refractivity contribution in [1.29, 1.82) is 0 Å². The van der Waals surface area contributed by atoms with Crippen LogP contribution in [0.5, 0.6) is 5.75 Å². The molecular formula is C14H19BrO3. The maximum atomic E-state index is 10.8. The van der Waals surface area contributed by atoms with E-state index in [4.69, 9.17) is 9.47 Å². The number of ether oxygens (including phenoxy) is 2. The van der Waals surface area contributed by atoms with Gasteiger partial charge in [-0.2, -0.15) is 0 Å². The molecule has 1 atom stereocenters. The Morgan fingerprint density at radius 2 is 2.06 bits per heavy atom. The van der Waals surface area contributed by atoms with Crippen LogP contribution in [0.4, 0.5) is 0 Å². The highest BCUT2D eigenvalue weighted by Crippen LogP contribution is 2.31. The smallest absolute Gasteiger partial charge is 0.177 e. The monoisotopic (exact) mass is 314 g/mol. The number of methoxy groups -OCH3 is 1. The Bertz CT molecular complexity index is 410. The molecule has 0 N–H and O–H groups in total. The first-order chi connectivity index (χ1) is 8.38. The molecule has 1 unspecified atom stereocenters. The molecule has 3 nitrogen and oxygen atoms in total. The highest BCUT2D eigenvalue weighted by molar-refractivity contribution is 9.10. The first-order valence-electron chi connectivity index (χ1n) is 5.79. The van der Waals surface area contributed by atoms with E-state index in [0.29, 0.717) is 5.75 Å². The third-order valence-electron chi connectivity index (χ3n) is 2.56. The van der Waals surface area contributed by atoms with Gasteiger partial charge < -0.3 is 9.47 Å². The van der Waals surface area contributed by atoms with Gasteiger partial charge in [0.25, 0.3) is 0 Å². The largest absolute Gasteiger partial charge is 0.479 e. The van der Waals surface area contributed by atoms with Gasteiger partial charge in [0.2, 0.25) is 0 Å². The molecule has 100 valence electrons. The lowest BCUT2D eigenvalue weighted by molar-refractivity contribution is -0.115. The molecule has 0 bridgehead atoms. The van der Waals surface area contributed by atoms with Crippen molar-refractivity contribution in [2.75, 3.05) is 13.7 Å². The lowest BCUT2D eigenvalue weighted by Gasteiger charge is -2.21. The molecular weight excluding hydrogens is 296 g/mol. The van der Waals surface area contributed by atoms with Crippen LogP contribution in [0, 0.1) is 0 Å². The van der Waals surface area contributed by atoms with E-state index in [1.165, 1.54) is 12.7 Å². The Morgan fingerprint density at radius 1 is 1.39 bits per heavy atom. The molecule has 0 aromatic heterocycles. The van der Waals surface area contributed by atoms with Gasteiger partial charge in [0.05, 0.1) is 11.1 Å². The molecule has 1 aromatic rings. The van der Waals surface area contributed by atoms with Gasteiger partial charge in [0, 0.05) is 7.11 Å². The normalized spacial score (nSPS) is 13.2. The van der Waals surface area contributed by atoms with E-state index < -0.39 is 6.10 Å². The molecule has 0 saturated carbocycles. The van der Waals surface area contributed by atoms with Gasteiger partial charge in [-0.15, -0.1) is 0 Å². The van der Waals surface area contributed by atoms with Crippen LogP contribution in [0.1, 0.15) is 26.3 Å². The summed E-state index contributed by atoms with van der Waals surface area (Å²) >= 11 is 3.47. The lowest BCUT2D eigenvalue weighted by atomic mass is 9.87. The van der Waals surface area contributed by atoms with Crippen molar-refractivity contribution in [2.24, 2.45) is 0 Å². The number of halogens is 1. The molecule has 0 saturated heterocycles. The van der Waals surface area contributed by atoms with Crippen LogP contribution in [-0.2, 0) is 14.9 Å². The van der Waals surface area contributed by atoms with E-state index in [2.05, 4.69) is 36.7 Å². The number of carbonyl (C=O) groups excluding carboxylic acids is 1. The van der Waals surface area contributed by atoms with Gasteiger partial charge in [-0.05, 0) is 39.0 Å². The third-order valence-corrected chi connectivity index (χ3v) is 3.18.